The number of carboxylic acids is 1. The van der Waals surface area contributed by atoms with Gasteiger partial charge in [-0.05, 0) is 57.9 Å². The Hall–Kier alpha value is -2.50. The molecule has 0 radical (unpaired) electrons. The highest BCUT2D eigenvalue weighted by Crippen LogP contribution is 2.09. The van der Waals surface area contributed by atoms with E-state index in [4.69, 9.17) is 9.84 Å². The van der Waals surface area contributed by atoms with E-state index >= 15 is 0 Å². The number of aromatic amines is 2. The number of carbonyl (C=O) groups is 2. The first-order valence-electron chi connectivity index (χ1n) is 8.99. The van der Waals surface area contributed by atoms with Crippen molar-refractivity contribution in [1.82, 2.24) is 9.97 Å². The van der Waals surface area contributed by atoms with Crippen molar-refractivity contribution in [1.29, 1.82) is 0 Å². The van der Waals surface area contributed by atoms with Gasteiger partial charge in [0.2, 0.25) is 0 Å². The van der Waals surface area contributed by atoms with Crippen molar-refractivity contribution >= 4 is 11.9 Å². The highest BCUT2D eigenvalue weighted by atomic mass is 16.5. The molecule has 0 amide bonds. The van der Waals surface area contributed by atoms with Gasteiger partial charge in [0, 0.05) is 11.4 Å². The largest absolute Gasteiger partial charge is 0.477 e. The minimum Gasteiger partial charge on any atom is -0.477 e. The zero-order valence-corrected chi connectivity index (χ0v) is 17.5. The molecule has 6 nitrogen and oxygen atoms in total. The SMILES string of the molecule is CC.CC.CCOC(=O)c1cc(C)c(C)[nH]1.Cc1cc(C(=O)O)[nH]c1C. The van der Waals surface area contributed by atoms with Crippen molar-refractivity contribution in [2.75, 3.05) is 6.61 Å². The third-order valence-electron chi connectivity index (χ3n) is 3.27. The lowest BCUT2D eigenvalue weighted by Crippen LogP contribution is -2.04. The van der Waals surface area contributed by atoms with Gasteiger partial charge in [-0.1, -0.05) is 27.7 Å². The molecule has 0 aliphatic heterocycles. The van der Waals surface area contributed by atoms with E-state index in [1.165, 1.54) is 0 Å². The van der Waals surface area contributed by atoms with Crippen LogP contribution in [0.25, 0.3) is 0 Å². The van der Waals surface area contributed by atoms with Gasteiger partial charge < -0.3 is 19.8 Å². The number of rotatable bonds is 3. The minimum absolute atomic E-state index is 0.259. The van der Waals surface area contributed by atoms with Crippen LogP contribution in [-0.4, -0.2) is 33.6 Å². The van der Waals surface area contributed by atoms with E-state index in [0.29, 0.717) is 12.3 Å². The molecule has 26 heavy (non-hydrogen) atoms. The number of aryl methyl sites for hydroxylation is 4. The second-order valence-corrected chi connectivity index (χ2v) is 5.01. The fourth-order valence-electron chi connectivity index (χ4n) is 1.76. The quantitative estimate of drug-likeness (QED) is 0.651. The standard InChI is InChI=1S/C9H13NO2.C7H9NO2.2C2H6/c1-4-12-9(11)8-5-6(2)7(3)10-8;1-4-3-6(7(9)10)8-5(4)2;2*1-2/h5,10H,4H2,1-3H3;3,8H,1-2H3,(H,9,10);2*1-2H3. The number of esters is 1. The average Bonchev–Trinajstić information content (AvgIpc) is 3.15. The van der Waals surface area contributed by atoms with E-state index < -0.39 is 5.97 Å². The van der Waals surface area contributed by atoms with Gasteiger partial charge in [-0.25, -0.2) is 9.59 Å². The van der Waals surface area contributed by atoms with Crippen LogP contribution in [0.1, 0.15) is 78.1 Å². The monoisotopic (exact) mass is 366 g/mol. The van der Waals surface area contributed by atoms with E-state index in [0.717, 1.165) is 22.5 Å². The second kappa shape index (κ2) is 13.8. The van der Waals surface area contributed by atoms with Crippen LogP contribution in [0.15, 0.2) is 12.1 Å². The van der Waals surface area contributed by atoms with Crippen LogP contribution < -0.4 is 0 Å². The summed E-state index contributed by atoms with van der Waals surface area (Å²) in [7, 11) is 0. The van der Waals surface area contributed by atoms with Crippen molar-refractivity contribution in [3.8, 4) is 0 Å². The van der Waals surface area contributed by atoms with Crippen LogP contribution in [0.3, 0.4) is 0 Å². The summed E-state index contributed by atoms with van der Waals surface area (Å²) in [6, 6.07) is 3.42. The fourth-order valence-corrected chi connectivity index (χ4v) is 1.76. The molecule has 148 valence electrons. The summed E-state index contributed by atoms with van der Waals surface area (Å²) in [5.41, 5.74) is 4.78. The summed E-state index contributed by atoms with van der Waals surface area (Å²) in [6.45, 7) is 17.8. The van der Waals surface area contributed by atoms with Crippen molar-refractivity contribution in [2.45, 2.75) is 62.3 Å². The number of nitrogens with one attached hydrogen (secondary N) is 2. The maximum atomic E-state index is 11.2. The Balaban J connectivity index is 0. The Morgan fingerprint density at radius 1 is 0.885 bits per heavy atom. The Morgan fingerprint density at radius 2 is 1.27 bits per heavy atom. The van der Waals surface area contributed by atoms with Gasteiger partial charge in [0.05, 0.1) is 6.61 Å². The summed E-state index contributed by atoms with van der Waals surface area (Å²) in [5, 5.41) is 8.49. The van der Waals surface area contributed by atoms with Crippen LogP contribution in [0.4, 0.5) is 0 Å². The lowest BCUT2D eigenvalue weighted by Gasteiger charge is -1.96. The summed E-state index contributed by atoms with van der Waals surface area (Å²) in [6.07, 6.45) is 0. The first-order valence-corrected chi connectivity index (χ1v) is 8.99. The highest BCUT2D eigenvalue weighted by Gasteiger charge is 2.09. The predicted molar refractivity (Wildman–Crippen MR) is 106 cm³/mol. The van der Waals surface area contributed by atoms with E-state index in [9.17, 15) is 9.59 Å². The normalized spacial score (nSPS) is 8.81. The second-order valence-electron chi connectivity index (χ2n) is 5.01. The van der Waals surface area contributed by atoms with E-state index in [2.05, 4.69) is 9.97 Å². The minimum atomic E-state index is -0.906. The Labute approximate surface area is 157 Å². The lowest BCUT2D eigenvalue weighted by atomic mass is 10.3. The van der Waals surface area contributed by atoms with Gasteiger partial charge >= 0.3 is 11.9 Å². The first kappa shape index (κ1) is 25.7. The molecule has 0 aliphatic rings. The molecule has 0 saturated heterocycles. The van der Waals surface area contributed by atoms with Gasteiger partial charge in [-0.2, -0.15) is 0 Å². The van der Waals surface area contributed by atoms with Gasteiger partial charge in [-0.3, -0.25) is 0 Å². The van der Waals surface area contributed by atoms with Crippen LogP contribution >= 0.6 is 0 Å². The molecule has 2 heterocycles. The number of hydrogen-bond acceptors (Lipinski definition) is 3. The predicted octanol–water partition coefficient (Wildman–Crippen LogP) is 5.19. The third kappa shape index (κ3) is 8.55. The molecule has 2 aromatic rings. The molecular weight excluding hydrogens is 332 g/mol. The summed E-state index contributed by atoms with van der Waals surface area (Å²) < 4.78 is 4.83. The molecule has 0 atom stereocenters. The summed E-state index contributed by atoms with van der Waals surface area (Å²) in [4.78, 5) is 27.2. The van der Waals surface area contributed by atoms with Crippen LogP contribution in [0, 0.1) is 27.7 Å². The maximum absolute atomic E-state index is 11.2. The van der Waals surface area contributed by atoms with Crippen LogP contribution in [0.2, 0.25) is 0 Å². The maximum Gasteiger partial charge on any atom is 0.354 e. The number of H-pyrrole nitrogens is 2. The Morgan fingerprint density at radius 3 is 1.50 bits per heavy atom. The Bertz CT molecular complexity index is 630. The van der Waals surface area contributed by atoms with Gasteiger partial charge in [0.25, 0.3) is 0 Å². The summed E-state index contributed by atoms with van der Waals surface area (Å²) in [5.74, 6) is -1.19. The molecule has 0 saturated carbocycles. The number of carboxylic acid groups (broad SMARTS) is 1. The van der Waals surface area contributed by atoms with Crippen LogP contribution in [-0.2, 0) is 4.74 Å². The molecule has 2 aromatic heterocycles. The summed E-state index contributed by atoms with van der Waals surface area (Å²) >= 11 is 0. The molecule has 0 bridgehead atoms. The van der Waals surface area contributed by atoms with Gasteiger partial charge in [-0.15, -0.1) is 0 Å². The Kier molecular flexibility index (Phi) is 13.6. The van der Waals surface area contributed by atoms with Crippen LogP contribution in [0.5, 0.6) is 0 Å². The fraction of sp³-hybridized carbons (Fsp3) is 0.500. The first-order chi connectivity index (χ1) is 12.3. The average molecular weight is 367 g/mol. The molecular formula is C20H34N2O4. The van der Waals surface area contributed by atoms with Gasteiger partial charge in [0.15, 0.2) is 0 Å². The number of aromatic carboxylic acids is 1. The highest BCUT2D eigenvalue weighted by molar-refractivity contribution is 5.87. The van der Waals surface area contributed by atoms with Crippen molar-refractivity contribution in [3.63, 3.8) is 0 Å². The number of aromatic nitrogens is 2. The molecule has 0 aromatic carbocycles. The van der Waals surface area contributed by atoms with Crippen molar-refractivity contribution < 1.29 is 19.4 Å². The molecule has 3 N–H and O–H groups in total. The zero-order valence-electron chi connectivity index (χ0n) is 17.5. The molecule has 0 fully saturated rings. The van der Waals surface area contributed by atoms with Crippen molar-refractivity contribution in [2.24, 2.45) is 0 Å². The number of ether oxygens (including phenoxy) is 1. The molecule has 6 heteroatoms. The smallest absolute Gasteiger partial charge is 0.354 e. The molecule has 0 unspecified atom stereocenters. The number of carbonyl (C=O) groups excluding carboxylic acids is 1. The topological polar surface area (TPSA) is 95.2 Å². The molecule has 0 aliphatic carbocycles. The van der Waals surface area contributed by atoms with E-state index in [1.54, 1.807) is 19.1 Å². The molecule has 2 rings (SSSR count). The van der Waals surface area contributed by atoms with Crippen molar-refractivity contribution in [3.05, 3.63) is 46.0 Å². The third-order valence-corrected chi connectivity index (χ3v) is 3.27. The van der Waals surface area contributed by atoms with E-state index in [-0.39, 0.29) is 11.7 Å². The zero-order chi connectivity index (χ0) is 20.9. The number of hydrogen-bond donors (Lipinski definition) is 3. The molecule has 0 spiro atoms. The van der Waals surface area contributed by atoms with E-state index in [1.807, 2.05) is 55.4 Å². The lowest BCUT2D eigenvalue weighted by molar-refractivity contribution is 0.0519. The van der Waals surface area contributed by atoms with Gasteiger partial charge in [0.1, 0.15) is 11.4 Å².